The first-order valence-electron chi connectivity index (χ1n) is 9.97. The number of alkyl halides is 2. The number of piperidine rings is 1. The molecule has 2 aromatic heterocycles. The highest BCUT2D eigenvalue weighted by Gasteiger charge is 2.28. The molecule has 31 heavy (non-hydrogen) atoms. The molecule has 1 aromatic carbocycles. The Morgan fingerprint density at radius 3 is 2.77 bits per heavy atom. The zero-order valence-corrected chi connectivity index (χ0v) is 17.3. The quantitative estimate of drug-likeness (QED) is 0.597. The van der Waals surface area contributed by atoms with Crippen molar-refractivity contribution in [2.45, 2.75) is 31.6 Å². The first-order valence-corrected chi connectivity index (χ1v) is 9.97. The number of halogens is 2. The van der Waals surface area contributed by atoms with Crippen LogP contribution in [-0.4, -0.2) is 57.7 Å². The summed E-state index contributed by atoms with van der Waals surface area (Å²) in [7, 11) is 3.10. The predicted octanol–water partition coefficient (Wildman–Crippen LogP) is 3.03. The lowest BCUT2D eigenvalue weighted by atomic mass is 9.93. The van der Waals surface area contributed by atoms with E-state index < -0.39 is 6.43 Å². The number of ether oxygens (including phenoxy) is 2. The summed E-state index contributed by atoms with van der Waals surface area (Å²) < 4.78 is 38.6. The maximum absolute atomic E-state index is 13.5. The summed E-state index contributed by atoms with van der Waals surface area (Å²) in [6.45, 7) is 1.05. The van der Waals surface area contributed by atoms with Crippen LogP contribution in [0.1, 0.15) is 42.1 Å². The van der Waals surface area contributed by atoms with E-state index in [9.17, 15) is 13.6 Å². The number of methoxy groups -OCH3 is 2. The van der Waals surface area contributed by atoms with Crippen molar-refractivity contribution in [3.8, 4) is 11.5 Å². The zero-order chi connectivity index (χ0) is 22.0. The molecule has 1 atom stereocenters. The Balaban J connectivity index is 1.51. The van der Waals surface area contributed by atoms with E-state index in [2.05, 4.69) is 15.1 Å². The summed E-state index contributed by atoms with van der Waals surface area (Å²) in [5.41, 5.74) is 1.08. The third kappa shape index (κ3) is 4.28. The fraction of sp³-hybridized carbons (Fsp3) is 0.429. The van der Waals surface area contributed by atoms with Crippen molar-refractivity contribution in [1.29, 1.82) is 0 Å². The van der Waals surface area contributed by atoms with Gasteiger partial charge in [-0.15, -0.1) is 0 Å². The van der Waals surface area contributed by atoms with Crippen LogP contribution in [0.2, 0.25) is 0 Å². The van der Waals surface area contributed by atoms with Crippen LogP contribution in [0.25, 0.3) is 5.78 Å². The molecule has 0 radical (unpaired) electrons. The summed E-state index contributed by atoms with van der Waals surface area (Å²) >= 11 is 0. The van der Waals surface area contributed by atoms with Crippen molar-refractivity contribution in [2.24, 2.45) is 0 Å². The number of aromatic nitrogens is 4. The van der Waals surface area contributed by atoms with Crippen LogP contribution in [0, 0.1) is 0 Å². The van der Waals surface area contributed by atoms with Crippen molar-refractivity contribution >= 4 is 11.7 Å². The Hall–Kier alpha value is -3.30. The minimum absolute atomic E-state index is 0.0328. The van der Waals surface area contributed by atoms with Gasteiger partial charge < -0.3 is 14.4 Å². The maximum atomic E-state index is 13.5. The van der Waals surface area contributed by atoms with Crippen LogP contribution in [-0.2, 0) is 11.2 Å². The van der Waals surface area contributed by atoms with Crippen molar-refractivity contribution in [3.63, 3.8) is 0 Å². The average Bonchev–Trinajstić information content (AvgIpc) is 3.27. The number of hydrogen-bond donors (Lipinski definition) is 0. The minimum Gasteiger partial charge on any atom is -0.493 e. The van der Waals surface area contributed by atoms with Gasteiger partial charge in [-0.2, -0.15) is 14.6 Å². The molecule has 0 N–H and O–H groups in total. The summed E-state index contributed by atoms with van der Waals surface area (Å²) in [5.74, 6) is 1.13. The Morgan fingerprint density at radius 1 is 1.23 bits per heavy atom. The number of rotatable bonds is 6. The van der Waals surface area contributed by atoms with Gasteiger partial charge in [-0.25, -0.2) is 13.8 Å². The van der Waals surface area contributed by atoms with E-state index in [0.29, 0.717) is 30.3 Å². The van der Waals surface area contributed by atoms with Crippen LogP contribution < -0.4 is 9.47 Å². The van der Waals surface area contributed by atoms with Crippen LogP contribution in [0.15, 0.2) is 30.6 Å². The van der Waals surface area contributed by atoms with Gasteiger partial charge in [0, 0.05) is 19.0 Å². The molecule has 164 valence electrons. The molecule has 1 unspecified atom stereocenters. The third-order valence-electron chi connectivity index (χ3n) is 5.52. The SMILES string of the molecule is COc1ccc(CC(=O)N2CCCC(c3cc(C(F)F)n4ncnc4n3)C2)cc1OC. The van der Waals surface area contributed by atoms with Gasteiger partial charge in [-0.05, 0) is 36.6 Å². The molecule has 0 aliphatic carbocycles. The summed E-state index contributed by atoms with van der Waals surface area (Å²) in [6, 6.07) is 6.76. The molecule has 1 aliphatic heterocycles. The van der Waals surface area contributed by atoms with E-state index in [1.165, 1.54) is 12.4 Å². The molecule has 0 saturated carbocycles. The highest BCUT2D eigenvalue weighted by atomic mass is 19.3. The molecule has 4 rings (SSSR count). The molecule has 3 aromatic rings. The van der Waals surface area contributed by atoms with E-state index in [-0.39, 0.29) is 29.7 Å². The topological polar surface area (TPSA) is 81.9 Å². The highest BCUT2D eigenvalue weighted by molar-refractivity contribution is 5.79. The fourth-order valence-electron chi connectivity index (χ4n) is 3.94. The van der Waals surface area contributed by atoms with Gasteiger partial charge in [0.1, 0.15) is 12.0 Å². The van der Waals surface area contributed by atoms with Gasteiger partial charge >= 0.3 is 0 Å². The number of nitrogens with zero attached hydrogens (tertiary/aromatic N) is 5. The molecule has 3 heterocycles. The number of hydrogen-bond acceptors (Lipinski definition) is 6. The monoisotopic (exact) mass is 431 g/mol. The Kier molecular flexibility index (Phi) is 5.97. The Labute approximate surface area is 177 Å². The number of likely N-dealkylation sites (tertiary alicyclic amines) is 1. The second kappa shape index (κ2) is 8.83. The fourth-order valence-corrected chi connectivity index (χ4v) is 3.94. The first-order chi connectivity index (χ1) is 15.0. The summed E-state index contributed by atoms with van der Waals surface area (Å²) in [6.07, 6.45) is 0.257. The van der Waals surface area contributed by atoms with E-state index in [4.69, 9.17) is 9.47 Å². The summed E-state index contributed by atoms with van der Waals surface area (Å²) in [5, 5.41) is 3.82. The normalized spacial score (nSPS) is 16.7. The molecule has 10 heteroatoms. The number of carbonyl (C=O) groups excluding carboxylic acids is 1. The molecule has 8 nitrogen and oxygen atoms in total. The molecular weight excluding hydrogens is 408 g/mol. The van der Waals surface area contributed by atoms with Gasteiger partial charge in [0.2, 0.25) is 5.91 Å². The lowest BCUT2D eigenvalue weighted by Crippen LogP contribution is -2.40. The Bertz CT molecular complexity index is 1090. The lowest BCUT2D eigenvalue weighted by molar-refractivity contribution is -0.131. The zero-order valence-electron chi connectivity index (χ0n) is 17.3. The molecule has 1 aliphatic rings. The van der Waals surface area contributed by atoms with Crippen molar-refractivity contribution in [2.75, 3.05) is 27.3 Å². The first kappa shape index (κ1) is 21.0. The number of amides is 1. The van der Waals surface area contributed by atoms with E-state index in [0.717, 1.165) is 22.9 Å². The highest BCUT2D eigenvalue weighted by Crippen LogP contribution is 2.30. The van der Waals surface area contributed by atoms with Gasteiger partial charge in [-0.3, -0.25) is 4.79 Å². The van der Waals surface area contributed by atoms with Crippen LogP contribution in [0.4, 0.5) is 8.78 Å². The molecule has 1 saturated heterocycles. The van der Waals surface area contributed by atoms with Crippen molar-refractivity contribution in [1.82, 2.24) is 24.5 Å². The molecule has 0 spiro atoms. The van der Waals surface area contributed by atoms with Gasteiger partial charge in [0.25, 0.3) is 12.2 Å². The van der Waals surface area contributed by atoms with Gasteiger partial charge in [-0.1, -0.05) is 6.07 Å². The summed E-state index contributed by atoms with van der Waals surface area (Å²) in [4.78, 5) is 23.1. The van der Waals surface area contributed by atoms with Crippen molar-refractivity contribution in [3.05, 3.63) is 47.5 Å². The van der Waals surface area contributed by atoms with Crippen LogP contribution in [0.3, 0.4) is 0 Å². The smallest absolute Gasteiger partial charge is 0.280 e. The number of fused-ring (bicyclic) bond motifs is 1. The van der Waals surface area contributed by atoms with E-state index >= 15 is 0 Å². The van der Waals surface area contributed by atoms with Gasteiger partial charge in [0.15, 0.2) is 11.5 Å². The number of benzene rings is 1. The Morgan fingerprint density at radius 2 is 2.03 bits per heavy atom. The van der Waals surface area contributed by atoms with E-state index in [1.54, 1.807) is 31.3 Å². The lowest BCUT2D eigenvalue weighted by Gasteiger charge is -2.32. The minimum atomic E-state index is -2.70. The molecule has 1 fully saturated rings. The predicted molar refractivity (Wildman–Crippen MR) is 108 cm³/mol. The van der Waals surface area contributed by atoms with E-state index in [1.807, 2.05) is 6.07 Å². The van der Waals surface area contributed by atoms with Gasteiger partial charge in [0.05, 0.1) is 26.3 Å². The maximum Gasteiger partial charge on any atom is 0.280 e. The second-order valence-electron chi connectivity index (χ2n) is 7.42. The molecular formula is C21H23F2N5O3. The third-order valence-corrected chi connectivity index (χ3v) is 5.52. The standard InChI is InChI=1S/C21H23F2N5O3/c1-30-17-6-5-13(8-18(17)31-2)9-19(29)27-7-3-4-14(11-27)15-10-16(20(22)23)28-21(26-15)24-12-25-28/h5-6,8,10,12,14,20H,3-4,7,9,11H2,1-2H3. The van der Waals surface area contributed by atoms with Crippen LogP contribution >= 0.6 is 0 Å². The largest absolute Gasteiger partial charge is 0.493 e. The molecule has 0 bridgehead atoms. The van der Waals surface area contributed by atoms with Crippen LogP contribution in [0.5, 0.6) is 11.5 Å². The number of carbonyl (C=O) groups is 1. The molecule has 1 amide bonds. The van der Waals surface area contributed by atoms with Crippen molar-refractivity contribution < 1.29 is 23.0 Å². The second-order valence-corrected chi connectivity index (χ2v) is 7.42. The average molecular weight is 431 g/mol.